The third-order valence-corrected chi connectivity index (χ3v) is 4.03. The van der Waals surface area contributed by atoms with Crippen LogP contribution in [-0.2, 0) is 13.0 Å². The van der Waals surface area contributed by atoms with E-state index in [0.29, 0.717) is 6.04 Å². The quantitative estimate of drug-likeness (QED) is 0.922. The fourth-order valence-electron chi connectivity index (χ4n) is 3.08. The number of aryl methyl sites for hydroxylation is 1. The molecule has 1 atom stereocenters. The van der Waals surface area contributed by atoms with Crippen molar-refractivity contribution in [2.45, 2.75) is 46.2 Å². The first-order chi connectivity index (χ1) is 9.53. The van der Waals surface area contributed by atoms with Gasteiger partial charge in [-0.3, -0.25) is 4.98 Å². The van der Waals surface area contributed by atoms with Crippen LogP contribution in [0.3, 0.4) is 0 Å². The number of aromatic nitrogens is 1. The van der Waals surface area contributed by atoms with Gasteiger partial charge in [-0.1, -0.05) is 19.9 Å². The standard InChI is InChI=1S/C17H22N2O/c1-12-5-4-6-13(19-12)11-18-15-9-17(2,3)10-16-14(15)7-8-20-16/h4-8,15,18H,9-11H2,1-3H3. The lowest BCUT2D eigenvalue weighted by atomic mass is 9.75. The van der Waals surface area contributed by atoms with E-state index in [-0.39, 0.29) is 5.41 Å². The average Bonchev–Trinajstić information content (AvgIpc) is 2.82. The van der Waals surface area contributed by atoms with Crippen molar-refractivity contribution in [3.63, 3.8) is 0 Å². The molecular weight excluding hydrogens is 248 g/mol. The minimum Gasteiger partial charge on any atom is -0.469 e. The molecule has 0 aromatic carbocycles. The van der Waals surface area contributed by atoms with Crippen LogP contribution in [0.2, 0.25) is 0 Å². The zero-order valence-corrected chi connectivity index (χ0v) is 12.4. The highest BCUT2D eigenvalue weighted by atomic mass is 16.3. The van der Waals surface area contributed by atoms with E-state index in [4.69, 9.17) is 4.42 Å². The maximum atomic E-state index is 5.64. The molecule has 3 heteroatoms. The summed E-state index contributed by atoms with van der Waals surface area (Å²) in [7, 11) is 0. The Hall–Kier alpha value is -1.61. The second kappa shape index (κ2) is 5.06. The first kappa shape index (κ1) is 13.4. The number of pyridine rings is 1. The Balaban J connectivity index is 1.75. The Morgan fingerprint density at radius 1 is 1.35 bits per heavy atom. The summed E-state index contributed by atoms with van der Waals surface area (Å²) < 4.78 is 5.64. The Morgan fingerprint density at radius 3 is 3.00 bits per heavy atom. The summed E-state index contributed by atoms with van der Waals surface area (Å²) in [5, 5.41) is 3.64. The van der Waals surface area contributed by atoms with E-state index in [1.54, 1.807) is 0 Å². The predicted octanol–water partition coefficient (Wildman–Crippen LogP) is 3.79. The van der Waals surface area contributed by atoms with Gasteiger partial charge in [-0.2, -0.15) is 0 Å². The van der Waals surface area contributed by atoms with Crippen molar-refractivity contribution in [2.75, 3.05) is 0 Å². The molecule has 0 bridgehead atoms. The second-order valence-electron chi connectivity index (χ2n) is 6.55. The summed E-state index contributed by atoms with van der Waals surface area (Å²) in [6.45, 7) is 7.44. The topological polar surface area (TPSA) is 38.1 Å². The van der Waals surface area contributed by atoms with Gasteiger partial charge in [-0.25, -0.2) is 0 Å². The van der Waals surface area contributed by atoms with E-state index >= 15 is 0 Å². The number of nitrogens with one attached hydrogen (secondary N) is 1. The number of furan rings is 1. The molecule has 3 nitrogen and oxygen atoms in total. The van der Waals surface area contributed by atoms with E-state index in [1.807, 2.05) is 19.3 Å². The fourth-order valence-corrected chi connectivity index (χ4v) is 3.08. The van der Waals surface area contributed by atoms with Gasteiger partial charge < -0.3 is 9.73 Å². The van der Waals surface area contributed by atoms with Gasteiger partial charge in [0.25, 0.3) is 0 Å². The predicted molar refractivity (Wildman–Crippen MR) is 79.4 cm³/mol. The van der Waals surface area contributed by atoms with E-state index in [1.165, 1.54) is 5.56 Å². The van der Waals surface area contributed by atoms with Crippen molar-refractivity contribution >= 4 is 0 Å². The number of nitrogens with zero attached hydrogens (tertiary/aromatic N) is 1. The Labute approximate surface area is 120 Å². The molecule has 2 aromatic heterocycles. The minimum atomic E-state index is 0.280. The number of hydrogen-bond donors (Lipinski definition) is 1. The molecule has 0 aliphatic heterocycles. The highest BCUT2D eigenvalue weighted by Crippen LogP contribution is 2.41. The molecule has 1 aliphatic rings. The Bertz CT molecular complexity index is 601. The number of rotatable bonds is 3. The summed E-state index contributed by atoms with van der Waals surface area (Å²) in [5.41, 5.74) is 3.76. The van der Waals surface area contributed by atoms with Crippen molar-refractivity contribution in [3.8, 4) is 0 Å². The summed E-state index contributed by atoms with van der Waals surface area (Å²) in [4.78, 5) is 4.55. The van der Waals surface area contributed by atoms with E-state index in [9.17, 15) is 0 Å². The summed E-state index contributed by atoms with van der Waals surface area (Å²) >= 11 is 0. The van der Waals surface area contributed by atoms with E-state index in [2.05, 4.69) is 42.3 Å². The average molecular weight is 270 g/mol. The van der Waals surface area contributed by atoms with Crippen LogP contribution >= 0.6 is 0 Å². The van der Waals surface area contributed by atoms with Crippen molar-refractivity contribution in [3.05, 3.63) is 53.2 Å². The molecule has 0 saturated carbocycles. The minimum absolute atomic E-state index is 0.280. The van der Waals surface area contributed by atoms with Crippen LogP contribution in [0, 0.1) is 12.3 Å². The lowest BCUT2D eigenvalue weighted by Gasteiger charge is -2.34. The third-order valence-electron chi connectivity index (χ3n) is 4.03. The highest BCUT2D eigenvalue weighted by molar-refractivity contribution is 5.26. The first-order valence-corrected chi connectivity index (χ1v) is 7.26. The molecule has 1 N–H and O–H groups in total. The molecule has 2 heterocycles. The molecular formula is C17H22N2O. The third kappa shape index (κ3) is 2.78. The summed E-state index contributed by atoms with van der Waals surface area (Å²) in [6, 6.07) is 8.63. The van der Waals surface area contributed by atoms with E-state index in [0.717, 1.165) is 36.5 Å². The zero-order valence-electron chi connectivity index (χ0n) is 12.4. The molecule has 3 rings (SSSR count). The second-order valence-corrected chi connectivity index (χ2v) is 6.55. The van der Waals surface area contributed by atoms with Crippen molar-refractivity contribution in [1.82, 2.24) is 10.3 Å². The fraction of sp³-hybridized carbons (Fsp3) is 0.471. The SMILES string of the molecule is Cc1cccc(CNC2CC(C)(C)Cc3occc32)n1. The van der Waals surface area contributed by atoms with Gasteiger partial charge in [0.15, 0.2) is 0 Å². The first-order valence-electron chi connectivity index (χ1n) is 7.26. The van der Waals surface area contributed by atoms with E-state index < -0.39 is 0 Å². The lowest BCUT2D eigenvalue weighted by Crippen LogP contribution is -2.32. The maximum Gasteiger partial charge on any atom is 0.109 e. The summed E-state index contributed by atoms with van der Waals surface area (Å²) in [5.74, 6) is 1.14. The molecule has 0 amide bonds. The van der Waals surface area contributed by atoms with Crippen LogP contribution < -0.4 is 5.32 Å². The van der Waals surface area contributed by atoms with Gasteiger partial charge >= 0.3 is 0 Å². The molecule has 0 spiro atoms. The van der Waals surface area contributed by atoms with Crippen molar-refractivity contribution in [2.24, 2.45) is 5.41 Å². The zero-order chi connectivity index (χ0) is 14.2. The number of hydrogen-bond acceptors (Lipinski definition) is 3. The van der Waals surface area contributed by atoms with Crippen LogP contribution in [0.1, 0.15) is 49.0 Å². The molecule has 2 aromatic rings. The lowest BCUT2D eigenvalue weighted by molar-refractivity contribution is 0.234. The molecule has 20 heavy (non-hydrogen) atoms. The van der Waals surface area contributed by atoms with Gasteiger partial charge in [0.1, 0.15) is 5.76 Å². The van der Waals surface area contributed by atoms with Crippen LogP contribution in [0.5, 0.6) is 0 Å². The Kier molecular flexibility index (Phi) is 3.38. The monoisotopic (exact) mass is 270 g/mol. The van der Waals surface area contributed by atoms with Gasteiger partial charge in [0, 0.05) is 30.3 Å². The highest BCUT2D eigenvalue weighted by Gasteiger charge is 2.33. The molecule has 0 fully saturated rings. The van der Waals surface area contributed by atoms with Crippen molar-refractivity contribution < 1.29 is 4.42 Å². The van der Waals surface area contributed by atoms with Crippen LogP contribution in [0.4, 0.5) is 0 Å². The van der Waals surface area contributed by atoms with Gasteiger partial charge in [-0.05, 0) is 37.0 Å². The van der Waals surface area contributed by atoms with Gasteiger partial charge in [0.2, 0.25) is 0 Å². The summed E-state index contributed by atoms with van der Waals surface area (Å²) in [6.07, 6.45) is 3.97. The van der Waals surface area contributed by atoms with Crippen LogP contribution in [0.25, 0.3) is 0 Å². The molecule has 0 saturated heterocycles. The molecule has 106 valence electrons. The Morgan fingerprint density at radius 2 is 2.20 bits per heavy atom. The largest absolute Gasteiger partial charge is 0.469 e. The molecule has 1 aliphatic carbocycles. The van der Waals surface area contributed by atoms with Crippen molar-refractivity contribution in [1.29, 1.82) is 0 Å². The van der Waals surface area contributed by atoms with Gasteiger partial charge in [0.05, 0.1) is 12.0 Å². The van der Waals surface area contributed by atoms with Gasteiger partial charge in [-0.15, -0.1) is 0 Å². The smallest absolute Gasteiger partial charge is 0.109 e. The van der Waals surface area contributed by atoms with Crippen LogP contribution in [-0.4, -0.2) is 4.98 Å². The van der Waals surface area contributed by atoms with Crippen LogP contribution in [0.15, 0.2) is 34.9 Å². The maximum absolute atomic E-state index is 5.64. The molecule has 0 radical (unpaired) electrons. The number of fused-ring (bicyclic) bond motifs is 1. The molecule has 1 unspecified atom stereocenters. The normalized spacial score (nSPS) is 20.6.